The van der Waals surface area contributed by atoms with Gasteiger partial charge in [0.1, 0.15) is 0 Å². The topological polar surface area (TPSA) is 64.3 Å². The molecule has 1 aromatic carbocycles. The second kappa shape index (κ2) is 6.85. The fourth-order valence-electron chi connectivity index (χ4n) is 1.30. The van der Waals surface area contributed by atoms with Crippen molar-refractivity contribution in [2.24, 2.45) is 5.73 Å². The van der Waals surface area contributed by atoms with E-state index >= 15 is 0 Å². The standard InChI is InChI=1S/C12H17FN2O2/c1-2-15-8-9-3-4-11(10(13)7-9)17-6-5-12(14)16/h3-4,7,15H,2,5-6,8H2,1H3,(H2,14,16). The number of ether oxygens (including phenoxy) is 1. The molecule has 1 aromatic rings. The minimum Gasteiger partial charge on any atom is -0.490 e. The van der Waals surface area contributed by atoms with Gasteiger partial charge in [-0.3, -0.25) is 4.79 Å². The third kappa shape index (κ3) is 4.82. The SMILES string of the molecule is CCNCc1ccc(OCCC(N)=O)c(F)c1. The van der Waals surface area contributed by atoms with E-state index < -0.39 is 11.7 Å². The van der Waals surface area contributed by atoms with Crippen molar-refractivity contribution in [2.45, 2.75) is 19.9 Å². The first-order valence-corrected chi connectivity index (χ1v) is 5.53. The van der Waals surface area contributed by atoms with Crippen molar-refractivity contribution in [1.29, 1.82) is 0 Å². The van der Waals surface area contributed by atoms with Gasteiger partial charge in [-0.25, -0.2) is 4.39 Å². The Hall–Kier alpha value is -1.62. The largest absolute Gasteiger partial charge is 0.490 e. The van der Waals surface area contributed by atoms with E-state index in [4.69, 9.17) is 10.5 Å². The Bertz CT molecular complexity index is 383. The third-order valence-electron chi connectivity index (χ3n) is 2.18. The molecule has 0 bridgehead atoms. The summed E-state index contributed by atoms with van der Waals surface area (Å²) in [5.74, 6) is -0.745. The first-order valence-electron chi connectivity index (χ1n) is 5.53. The maximum absolute atomic E-state index is 13.5. The third-order valence-corrected chi connectivity index (χ3v) is 2.18. The van der Waals surface area contributed by atoms with Crippen LogP contribution in [-0.4, -0.2) is 19.1 Å². The Kier molecular flexibility index (Phi) is 5.42. The van der Waals surface area contributed by atoms with Gasteiger partial charge in [0.15, 0.2) is 11.6 Å². The highest BCUT2D eigenvalue weighted by Crippen LogP contribution is 2.18. The molecule has 0 saturated heterocycles. The molecule has 0 aliphatic carbocycles. The molecule has 0 aliphatic heterocycles. The molecule has 0 aromatic heterocycles. The number of primary amides is 1. The first kappa shape index (κ1) is 13.4. The van der Waals surface area contributed by atoms with Crippen LogP contribution in [0.15, 0.2) is 18.2 Å². The number of nitrogens with one attached hydrogen (secondary N) is 1. The lowest BCUT2D eigenvalue weighted by molar-refractivity contribution is -0.118. The predicted octanol–water partition coefficient (Wildman–Crippen LogP) is 1.19. The smallest absolute Gasteiger partial charge is 0.220 e. The number of amides is 1. The highest BCUT2D eigenvalue weighted by atomic mass is 19.1. The van der Waals surface area contributed by atoms with E-state index in [0.717, 1.165) is 12.1 Å². The van der Waals surface area contributed by atoms with Gasteiger partial charge < -0.3 is 15.8 Å². The summed E-state index contributed by atoms with van der Waals surface area (Å²) in [5.41, 5.74) is 5.81. The highest BCUT2D eigenvalue weighted by Gasteiger charge is 2.05. The van der Waals surface area contributed by atoms with E-state index in [1.54, 1.807) is 12.1 Å². The molecule has 94 valence electrons. The number of hydrogen-bond acceptors (Lipinski definition) is 3. The van der Waals surface area contributed by atoms with E-state index in [9.17, 15) is 9.18 Å². The second-order valence-electron chi connectivity index (χ2n) is 3.61. The minimum absolute atomic E-state index is 0.0819. The van der Waals surface area contributed by atoms with Crippen molar-refractivity contribution in [3.63, 3.8) is 0 Å². The number of carbonyl (C=O) groups excluding carboxylic acids is 1. The van der Waals surface area contributed by atoms with Crippen molar-refractivity contribution < 1.29 is 13.9 Å². The van der Waals surface area contributed by atoms with Crippen molar-refractivity contribution >= 4 is 5.91 Å². The molecule has 0 aliphatic rings. The van der Waals surface area contributed by atoms with E-state index in [0.29, 0.717) is 6.54 Å². The zero-order valence-corrected chi connectivity index (χ0v) is 9.83. The summed E-state index contributed by atoms with van der Waals surface area (Å²) in [5, 5.41) is 3.10. The zero-order chi connectivity index (χ0) is 12.7. The Labute approximate surface area is 100.0 Å². The van der Waals surface area contributed by atoms with Crippen LogP contribution in [0, 0.1) is 5.82 Å². The van der Waals surface area contributed by atoms with Crippen LogP contribution in [-0.2, 0) is 11.3 Å². The van der Waals surface area contributed by atoms with E-state index in [-0.39, 0.29) is 18.8 Å². The molecule has 5 heteroatoms. The lowest BCUT2D eigenvalue weighted by Crippen LogP contribution is -2.15. The molecule has 0 radical (unpaired) electrons. The van der Waals surface area contributed by atoms with Gasteiger partial charge in [-0.15, -0.1) is 0 Å². The number of rotatable bonds is 7. The molecule has 0 fully saturated rings. The monoisotopic (exact) mass is 240 g/mol. The number of hydrogen-bond donors (Lipinski definition) is 2. The average Bonchev–Trinajstić information content (AvgIpc) is 2.28. The Balaban J connectivity index is 2.53. The molecular weight excluding hydrogens is 223 g/mol. The quantitative estimate of drug-likeness (QED) is 0.752. The summed E-state index contributed by atoms with van der Waals surface area (Å²) < 4.78 is 18.6. The van der Waals surface area contributed by atoms with E-state index in [2.05, 4.69) is 5.32 Å². The lowest BCUT2D eigenvalue weighted by atomic mass is 10.2. The second-order valence-corrected chi connectivity index (χ2v) is 3.61. The first-order chi connectivity index (χ1) is 8.13. The van der Waals surface area contributed by atoms with Gasteiger partial charge in [0.25, 0.3) is 0 Å². The Morgan fingerprint density at radius 2 is 2.29 bits per heavy atom. The van der Waals surface area contributed by atoms with Crippen LogP contribution in [0.2, 0.25) is 0 Å². The minimum atomic E-state index is -0.464. The molecule has 1 amide bonds. The predicted molar refractivity (Wildman–Crippen MR) is 63.1 cm³/mol. The lowest BCUT2D eigenvalue weighted by Gasteiger charge is -2.08. The molecular formula is C12H17FN2O2. The zero-order valence-electron chi connectivity index (χ0n) is 9.83. The van der Waals surface area contributed by atoms with Crippen LogP contribution in [0.1, 0.15) is 18.9 Å². The van der Waals surface area contributed by atoms with Crippen molar-refractivity contribution in [3.8, 4) is 5.75 Å². The highest BCUT2D eigenvalue weighted by molar-refractivity contribution is 5.73. The summed E-state index contributed by atoms with van der Waals surface area (Å²) in [6, 6.07) is 4.76. The Morgan fingerprint density at radius 1 is 1.53 bits per heavy atom. The molecule has 3 N–H and O–H groups in total. The van der Waals surface area contributed by atoms with Gasteiger partial charge in [0.2, 0.25) is 5.91 Å². The van der Waals surface area contributed by atoms with Crippen LogP contribution in [0.3, 0.4) is 0 Å². The molecule has 0 atom stereocenters. The summed E-state index contributed by atoms with van der Waals surface area (Å²) in [6.45, 7) is 3.53. The molecule has 4 nitrogen and oxygen atoms in total. The summed E-state index contributed by atoms with van der Waals surface area (Å²) in [6.07, 6.45) is 0.0819. The van der Waals surface area contributed by atoms with Crippen molar-refractivity contribution in [1.82, 2.24) is 5.32 Å². The fourth-order valence-corrected chi connectivity index (χ4v) is 1.30. The van der Waals surface area contributed by atoms with E-state index in [1.165, 1.54) is 6.07 Å². The van der Waals surface area contributed by atoms with Gasteiger partial charge in [-0.1, -0.05) is 13.0 Å². The van der Waals surface area contributed by atoms with Crippen LogP contribution in [0.4, 0.5) is 4.39 Å². The van der Waals surface area contributed by atoms with E-state index in [1.807, 2.05) is 6.92 Å². The molecule has 1 rings (SSSR count). The fraction of sp³-hybridized carbons (Fsp3) is 0.417. The van der Waals surface area contributed by atoms with Crippen molar-refractivity contribution in [3.05, 3.63) is 29.6 Å². The van der Waals surface area contributed by atoms with Gasteiger partial charge in [-0.2, -0.15) is 0 Å². The molecule has 0 saturated carbocycles. The normalized spacial score (nSPS) is 10.2. The van der Waals surface area contributed by atoms with Crippen LogP contribution in [0.5, 0.6) is 5.75 Å². The summed E-state index contributed by atoms with van der Waals surface area (Å²) in [7, 11) is 0. The van der Waals surface area contributed by atoms with Crippen molar-refractivity contribution in [2.75, 3.05) is 13.2 Å². The molecule has 0 unspecified atom stereocenters. The van der Waals surface area contributed by atoms with Gasteiger partial charge >= 0.3 is 0 Å². The Morgan fingerprint density at radius 3 is 2.88 bits per heavy atom. The number of nitrogens with two attached hydrogens (primary N) is 1. The molecule has 0 heterocycles. The number of carbonyl (C=O) groups is 1. The summed E-state index contributed by atoms with van der Waals surface area (Å²) >= 11 is 0. The number of halogens is 1. The maximum Gasteiger partial charge on any atom is 0.220 e. The van der Waals surface area contributed by atoms with Crippen LogP contribution < -0.4 is 15.8 Å². The van der Waals surface area contributed by atoms with Gasteiger partial charge in [0, 0.05) is 6.54 Å². The maximum atomic E-state index is 13.5. The number of benzene rings is 1. The molecule has 17 heavy (non-hydrogen) atoms. The van der Waals surface area contributed by atoms with Crippen LogP contribution in [0.25, 0.3) is 0 Å². The van der Waals surface area contributed by atoms with Crippen LogP contribution >= 0.6 is 0 Å². The summed E-state index contributed by atoms with van der Waals surface area (Å²) in [4.78, 5) is 10.5. The van der Waals surface area contributed by atoms with Gasteiger partial charge in [-0.05, 0) is 24.2 Å². The average molecular weight is 240 g/mol. The van der Waals surface area contributed by atoms with Gasteiger partial charge in [0.05, 0.1) is 13.0 Å². The molecule has 0 spiro atoms.